The molecule has 2 aromatic carbocycles. The van der Waals surface area contributed by atoms with Crippen LogP contribution in [0, 0.1) is 5.82 Å². The maximum absolute atomic E-state index is 13.3. The molecule has 0 aliphatic heterocycles. The summed E-state index contributed by atoms with van der Waals surface area (Å²) in [6.45, 7) is 1.58. The van der Waals surface area contributed by atoms with Crippen LogP contribution in [0.5, 0.6) is 0 Å². The fourth-order valence-corrected chi connectivity index (χ4v) is 2.32. The van der Waals surface area contributed by atoms with Gasteiger partial charge in [-0.15, -0.1) is 0 Å². The molecule has 0 atom stereocenters. The standard InChI is InChI=1S/C17H21FN2/c1-19-13-15-12-16(18)8-9-17(15)20(2)11-10-14-6-4-3-5-7-14/h3-9,12,19H,10-11,13H2,1-2H3. The van der Waals surface area contributed by atoms with Crippen molar-refractivity contribution in [2.75, 3.05) is 25.5 Å². The number of halogens is 1. The summed E-state index contributed by atoms with van der Waals surface area (Å²) in [4.78, 5) is 2.18. The van der Waals surface area contributed by atoms with E-state index < -0.39 is 0 Å². The number of nitrogens with one attached hydrogen (secondary N) is 1. The van der Waals surface area contributed by atoms with Gasteiger partial charge in [-0.2, -0.15) is 0 Å². The van der Waals surface area contributed by atoms with Crippen LogP contribution in [-0.4, -0.2) is 20.6 Å². The number of hydrogen-bond acceptors (Lipinski definition) is 2. The topological polar surface area (TPSA) is 15.3 Å². The number of nitrogens with zero attached hydrogens (tertiary/aromatic N) is 1. The highest BCUT2D eigenvalue weighted by Gasteiger charge is 2.08. The predicted octanol–water partition coefficient (Wildman–Crippen LogP) is 3.22. The lowest BCUT2D eigenvalue weighted by molar-refractivity contribution is 0.623. The Bertz CT molecular complexity index is 540. The third kappa shape index (κ3) is 3.81. The molecule has 0 saturated carbocycles. The Morgan fingerprint density at radius 3 is 2.55 bits per heavy atom. The SMILES string of the molecule is CNCc1cc(F)ccc1N(C)CCc1ccccc1. The first-order chi connectivity index (χ1) is 9.70. The van der Waals surface area contributed by atoms with E-state index in [9.17, 15) is 4.39 Å². The first-order valence-corrected chi connectivity index (χ1v) is 6.89. The Kier molecular flexibility index (Phi) is 5.13. The van der Waals surface area contributed by atoms with Crippen molar-refractivity contribution in [1.82, 2.24) is 5.32 Å². The molecular formula is C17H21FN2. The lowest BCUT2D eigenvalue weighted by atomic mass is 10.1. The number of anilines is 1. The van der Waals surface area contributed by atoms with Gasteiger partial charge >= 0.3 is 0 Å². The van der Waals surface area contributed by atoms with Crippen molar-refractivity contribution in [3.05, 3.63) is 65.5 Å². The van der Waals surface area contributed by atoms with Gasteiger partial charge in [0.25, 0.3) is 0 Å². The van der Waals surface area contributed by atoms with E-state index in [1.807, 2.05) is 19.2 Å². The summed E-state index contributed by atoms with van der Waals surface area (Å²) in [5.74, 6) is -0.185. The molecule has 2 rings (SSSR count). The average molecular weight is 272 g/mol. The van der Waals surface area contributed by atoms with Gasteiger partial charge in [-0.1, -0.05) is 30.3 Å². The van der Waals surface area contributed by atoms with Gasteiger partial charge in [0.15, 0.2) is 0 Å². The van der Waals surface area contributed by atoms with Gasteiger partial charge in [-0.25, -0.2) is 4.39 Å². The number of benzene rings is 2. The van der Waals surface area contributed by atoms with Gasteiger partial charge in [0.1, 0.15) is 5.82 Å². The molecule has 0 heterocycles. The zero-order valence-corrected chi connectivity index (χ0v) is 12.1. The summed E-state index contributed by atoms with van der Waals surface area (Å²) in [6.07, 6.45) is 0.980. The molecule has 0 aliphatic rings. The van der Waals surface area contributed by atoms with Crippen LogP contribution in [0.2, 0.25) is 0 Å². The van der Waals surface area contributed by atoms with E-state index in [2.05, 4.69) is 41.5 Å². The van der Waals surface area contributed by atoms with Crippen LogP contribution in [0.15, 0.2) is 48.5 Å². The maximum atomic E-state index is 13.3. The quantitative estimate of drug-likeness (QED) is 0.868. The second-order valence-corrected chi connectivity index (χ2v) is 4.96. The Morgan fingerprint density at radius 1 is 1.10 bits per heavy atom. The molecule has 0 radical (unpaired) electrons. The molecule has 0 fully saturated rings. The van der Waals surface area contributed by atoms with Crippen LogP contribution >= 0.6 is 0 Å². The summed E-state index contributed by atoms with van der Waals surface area (Å²) in [7, 11) is 3.92. The summed E-state index contributed by atoms with van der Waals surface area (Å²) in [5.41, 5.74) is 3.39. The monoisotopic (exact) mass is 272 g/mol. The smallest absolute Gasteiger partial charge is 0.123 e. The third-order valence-electron chi connectivity index (χ3n) is 3.40. The van der Waals surface area contributed by atoms with Crippen molar-refractivity contribution in [3.63, 3.8) is 0 Å². The van der Waals surface area contributed by atoms with Crippen molar-refractivity contribution in [2.45, 2.75) is 13.0 Å². The van der Waals surface area contributed by atoms with E-state index in [0.29, 0.717) is 6.54 Å². The minimum absolute atomic E-state index is 0.185. The molecule has 0 amide bonds. The van der Waals surface area contributed by atoms with E-state index >= 15 is 0 Å². The zero-order valence-electron chi connectivity index (χ0n) is 12.1. The summed E-state index contributed by atoms with van der Waals surface area (Å²) in [6, 6.07) is 15.4. The molecule has 2 nitrogen and oxygen atoms in total. The minimum Gasteiger partial charge on any atom is -0.374 e. The van der Waals surface area contributed by atoms with Crippen molar-refractivity contribution in [1.29, 1.82) is 0 Å². The van der Waals surface area contributed by atoms with Gasteiger partial charge in [-0.05, 0) is 42.8 Å². The van der Waals surface area contributed by atoms with Gasteiger partial charge < -0.3 is 10.2 Å². The Labute approximate surface area is 120 Å². The summed E-state index contributed by atoms with van der Waals surface area (Å²) in [5, 5.41) is 3.09. The third-order valence-corrected chi connectivity index (χ3v) is 3.40. The Balaban J connectivity index is 2.06. The molecule has 1 N–H and O–H groups in total. The molecule has 0 aromatic heterocycles. The van der Waals surface area contributed by atoms with Crippen LogP contribution < -0.4 is 10.2 Å². The molecule has 0 bridgehead atoms. The summed E-state index contributed by atoms with van der Waals surface area (Å²) < 4.78 is 13.3. The van der Waals surface area contributed by atoms with Crippen molar-refractivity contribution < 1.29 is 4.39 Å². The largest absolute Gasteiger partial charge is 0.374 e. The van der Waals surface area contributed by atoms with E-state index in [4.69, 9.17) is 0 Å². The van der Waals surface area contributed by atoms with Crippen LogP contribution in [0.3, 0.4) is 0 Å². The maximum Gasteiger partial charge on any atom is 0.123 e. The van der Waals surface area contributed by atoms with Crippen molar-refractivity contribution in [2.24, 2.45) is 0 Å². The lowest BCUT2D eigenvalue weighted by Gasteiger charge is -2.22. The molecule has 0 aliphatic carbocycles. The highest BCUT2D eigenvalue weighted by atomic mass is 19.1. The fraction of sp³-hybridized carbons (Fsp3) is 0.294. The molecule has 0 spiro atoms. The molecule has 2 aromatic rings. The van der Waals surface area contributed by atoms with Gasteiger partial charge in [-0.3, -0.25) is 0 Å². The molecule has 0 saturated heterocycles. The van der Waals surface area contributed by atoms with E-state index in [1.54, 1.807) is 6.07 Å². The number of rotatable bonds is 6. The Hall–Kier alpha value is -1.87. The van der Waals surface area contributed by atoms with Gasteiger partial charge in [0.05, 0.1) is 0 Å². The van der Waals surface area contributed by atoms with Crippen molar-refractivity contribution >= 4 is 5.69 Å². The van der Waals surface area contributed by atoms with Crippen LogP contribution in [0.1, 0.15) is 11.1 Å². The second-order valence-electron chi connectivity index (χ2n) is 4.96. The normalized spacial score (nSPS) is 10.6. The first-order valence-electron chi connectivity index (χ1n) is 6.89. The first kappa shape index (κ1) is 14.5. The van der Waals surface area contributed by atoms with Crippen LogP contribution in [0.4, 0.5) is 10.1 Å². The molecule has 106 valence electrons. The minimum atomic E-state index is -0.185. The van der Waals surface area contributed by atoms with Gasteiger partial charge in [0, 0.05) is 25.8 Å². The van der Waals surface area contributed by atoms with Crippen molar-refractivity contribution in [3.8, 4) is 0 Å². The predicted molar refractivity (Wildman–Crippen MR) is 82.6 cm³/mol. The molecule has 20 heavy (non-hydrogen) atoms. The highest BCUT2D eigenvalue weighted by Crippen LogP contribution is 2.21. The van der Waals surface area contributed by atoms with Crippen LogP contribution in [0.25, 0.3) is 0 Å². The molecular weight excluding hydrogens is 251 g/mol. The highest BCUT2D eigenvalue weighted by molar-refractivity contribution is 5.53. The lowest BCUT2D eigenvalue weighted by Crippen LogP contribution is -2.22. The average Bonchev–Trinajstić information content (AvgIpc) is 2.46. The Morgan fingerprint density at radius 2 is 1.85 bits per heavy atom. The van der Waals surface area contributed by atoms with E-state index in [-0.39, 0.29) is 5.82 Å². The number of likely N-dealkylation sites (N-methyl/N-ethyl adjacent to an activating group) is 1. The fourth-order valence-electron chi connectivity index (χ4n) is 2.32. The number of hydrogen-bond donors (Lipinski definition) is 1. The molecule has 0 unspecified atom stereocenters. The van der Waals surface area contributed by atoms with Gasteiger partial charge in [0.2, 0.25) is 0 Å². The second kappa shape index (κ2) is 7.06. The van der Waals surface area contributed by atoms with E-state index in [0.717, 1.165) is 24.2 Å². The summed E-state index contributed by atoms with van der Waals surface area (Å²) >= 11 is 0. The zero-order chi connectivity index (χ0) is 14.4. The van der Waals surface area contributed by atoms with E-state index in [1.165, 1.54) is 11.6 Å². The molecule has 3 heteroatoms. The van der Waals surface area contributed by atoms with Crippen LogP contribution in [-0.2, 0) is 13.0 Å².